The van der Waals surface area contributed by atoms with Crippen LogP contribution in [0.1, 0.15) is 32.7 Å². The summed E-state index contributed by atoms with van der Waals surface area (Å²) in [4.78, 5) is 24.9. The highest BCUT2D eigenvalue weighted by atomic mass is 16.1. The number of aromatic nitrogens is 3. The number of rotatable bonds is 5. The van der Waals surface area contributed by atoms with Gasteiger partial charge in [-0.1, -0.05) is 23.8 Å². The van der Waals surface area contributed by atoms with E-state index in [0.717, 1.165) is 22.4 Å². The van der Waals surface area contributed by atoms with Crippen molar-refractivity contribution in [2.45, 2.75) is 27.3 Å². The van der Waals surface area contributed by atoms with E-state index in [1.54, 1.807) is 18.5 Å². The summed E-state index contributed by atoms with van der Waals surface area (Å²) in [5.41, 5.74) is 5.39. The Morgan fingerprint density at radius 3 is 2.54 bits per heavy atom. The van der Waals surface area contributed by atoms with Crippen molar-refractivity contribution in [1.29, 1.82) is 0 Å². The third-order valence-electron chi connectivity index (χ3n) is 4.01. The SMILES string of the molecule is Cc1cc(C)c(NC(=O)c2cc(NCc3cccnc3)ncn2)c(C)c1. The Kier molecular flexibility index (Phi) is 5.22. The Labute approximate surface area is 152 Å². The quantitative estimate of drug-likeness (QED) is 0.736. The van der Waals surface area contributed by atoms with E-state index in [0.29, 0.717) is 18.1 Å². The van der Waals surface area contributed by atoms with Crippen LogP contribution >= 0.6 is 0 Å². The smallest absolute Gasteiger partial charge is 0.274 e. The van der Waals surface area contributed by atoms with Crippen molar-refractivity contribution in [1.82, 2.24) is 15.0 Å². The second-order valence-corrected chi connectivity index (χ2v) is 6.23. The maximum absolute atomic E-state index is 12.6. The molecular formula is C20H21N5O. The van der Waals surface area contributed by atoms with E-state index in [1.165, 1.54) is 11.9 Å². The fourth-order valence-corrected chi connectivity index (χ4v) is 2.83. The molecule has 0 saturated carbocycles. The van der Waals surface area contributed by atoms with Gasteiger partial charge in [0, 0.05) is 30.7 Å². The predicted molar refractivity (Wildman–Crippen MR) is 102 cm³/mol. The Hall–Kier alpha value is -3.28. The Morgan fingerprint density at radius 1 is 1.08 bits per heavy atom. The molecule has 0 aliphatic rings. The number of hydrogen-bond acceptors (Lipinski definition) is 5. The normalized spacial score (nSPS) is 10.4. The number of carbonyl (C=O) groups is 1. The number of benzene rings is 1. The average molecular weight is 347 g/mol. The summed E-state index contributed by atoms with van der Waals surface area (Å²) in [6.45, 7) is 6.57. The lowest BCUT2D eigenvalue weighted by Gasteiger charge is -2.13. The molecule has 6 nitrogen and oxygen atoms in total. The number of hydrogen-bond donors (Lipinski definition) is 2. The van der Waals surface area contributed by atoms with E-state index < -0.39 is 0 Å². The summed E-state index contributed by atoms with van der Waals surface area (Å²) in [5.74, 6) is 0.332. The van der Waals surface area contributed by atoms with Crippen molar-refractivity contribution in [2.75, 3.05) is 10.6 Å². The van der Waals surface area contributed by atoms with Crippen molar-refractivity contribution in [2.24, 2.45) is 0 Å². The molecule has 0 fully saturated rings. The number of aryl methyl sites for hydroxylation is 3. The molecule has 2 heterocycles. The van der Waals surface area contributed by atoms with E-state index in [4.69, 9.17) is 0 Å². The third kappa shape index (κ3) is 4.22. The number of nitrogens with one attached hydrogen (secondary N) is 2. The molecule has 6 heteroatoms. The zero-order chi connectivity index (χ0) is 18.5. The third-order valence-corrected chi connectivity index (χ3v) is 4.01. The summed E-state index contributed by atoms with van der Waals surface area (Å²) in [7, 11) is 0. The zero-order valence-electron chi connectivity index (χ0n) is 15.1. The van der Waals surface area contributed by atoms with E-state index in [1.807, 2.05) is 45.0 Å². The van der Waals surface area contributed by atoms with Gasteiger partial charge in [-0.05, 0) is 43.5 Å². The second kappa shape index (κ2) is 7.74. The van der Waals surface area contributed by atoms with Crippen molar-refractivity contribution >= 4 is 17.4 Å². The van der Waals surface area contributed by atoms with Gasteiger partial charge < -0.3 is 10.6 Å². The summed E-state index contributed by atoms with van der Waals surface area (Å²) < 4.78 is 0. The van der Waals surface area contributed by atoms with E-state index >= 15 is 0 Å². The molecule has 0 saturated heterocycles. The number of pyridine rings is 1. The lowest BCUT2D eigenvalue weighted by molar-refractivity contribution is 0.102. The van der Waals surface area contributed by atoms with Gasteiger partial charge in [0.25, 0.3) is 5.91 Å². The number of carbonyl (C=O) groups excluding carboxylic acids is 1. The Bertz CT molecular complexity index is 901. The largest absolute Gasteiger partial charge is 0.366 e. The minimum absolute atomic E-state index is 0.258. The molecule has 2 N–H and O–H groups in total. The van der Waals surface area contributed by atoms with Gasteiger partial charge >= 0.3 is 0 Å². The maximum Gasteiger partial charge on any atom is 0.274 e. The molecule has 26 heavy (non-hydrogen) atoms. The minimum atomic E-state index is -0.258. The van der Waals surface area contributed by atoms with Gasteiger partial charge in [0.1, 0.15) is 17.8 Å². The van der Waals surface area contributed by atoms with Gasteiger partial charge in [-0.3, -0.25) is 9.78 Å². The first kappa shape index (κ1) is 17.5. The summed E-state index contributed by atoms with van der Waals surface area (Å²) in [6.07, 6.45) is 4.89. The van der Waals surface area contributed by atoms with Crippen LogP contribution in [0.4, 0.5) is 11.5 Å². The summed E-state index contributed by atoms with van der Waals surface area (Å²) in [6, 6.07) is 9.58. The molecule has 132 valence electrons. The van der Waals surface area contributed by atoms with E-state index in [9.17, 15) is 4.79 Å². The summed E-state index contributed by atoms with van der Waals surface area (Å²) in [5, 5.41) is 6.14. The lowest BCUT2D eigenvalue weighted by Crippen LogP contribution is -2.16. The molecule has 0 aliphatic heterocycles. The molecule has 2 aromatic heterocycles. The Balaban J connectivity index is 1.72. The van der Waals surface area contributed by atoms with Crippen LogP contribution in [0.25, 0.3) is 0 Å². The maximum atomic E-state index is 12.6. The molecular weight excluding hydrogens is 326 g/mol. The summed E-state index contributed by atoms with van der Waals surface area (Å²) >= 11 is 0. The molecule has 0 atom stereocenters. The van der Waals surface area contributed by atoms with Gasteiger partial charge in [-0.25, -0.2) is 9.97 Å². The fraction of sp³-hybridized carbons (Fsp3) is 0.200. The highest BCUT2D eigenvalue weighted by Gasteiger charge is 2.12. The first-order valence-electron chi connectivity index (χ1n) is 8.37. The second-order valence-electron chi connectivity index (χ2n) is 6.23. The minimum Gasteiger partial charge on any atom is -0.366 e. The average Bonchev–Trinajstić information content (AvgIpc) is 2.64. The monoisotopic (exact) mass is 347 g/mol. The van der Waals surface area contributed by atoms with Crippen molar-refractivity contribution < 1.29 is 4.79 Å². The van der Waals surface area contributed by atoms with Crippen LogP contribution in [-0.2, 0) is 6.54 Å². The van der Waals surface area contributed by atoms with Crippen molar-refractivity contribution in [3.63, 3.8) is 0 Å². The van der Waals surface area contributed by atoms with Crippen LogP contribution in [0, 0.1) is 20.8 Å². The van der Waals surface area contributed by atoms with Crippen LogP contribution in [-0.4, -0.2) is 20.9 Å². The molecule has 0 spiro atoms. The lowest BCUT2D eigenvalue weighted by atomic mass is 10.0. The molecule has 0 aliphatic carbocycles. The van der Waals surface area contributed by atoms with Crippen LogP contribution in [0.5, 0.6) is 0 Å². The molecule has 3 rings (SSSR count). The highest BCUT2D eigenvalue weighted by molar-refractivity contribution is 6.04. The van der Waals surface area contributed by atoms with E-state index in [-0.39, 0.29) is 5.91 Å². The van der Waals surface area contributed by atoms with Gasteiger partial charge in [-0.2, -0.15) is 0 Å². The van der Waals surface area contributed by atoms with Crippen LogP contribution in [0.3, 0.4) is 0 Å². The zero-order valence-corrected chi connectivity index (χ0v) is 15.1. The number of nitrogens with zero attached hydrogens (tertiary/aromatic N) is 3. The standard InChI is InChI=1S/C20H21N5O/c1-13-7-14(2)19(15(3)8-13)25-20(26)17-9-18(24-12-23-17)22-11-16-5-4-6-21-10-16/h4-10,12H,11H2,1-3H3,(H,25,26)(H,22,23,24). The molecule has 0 bridgehead atoms. The van der Waals surface area contributed by atoms with Gasteiger partial charge in [0.15, 0.2) is 0 Å². The first-order chi connectivity index (χ1) is 12.5. The fourth-order valence-electron chi connectivity index (χ4n) is 2.83. The van der Waals surface area contributed by atoms with E-state index in [2.05, 4.69) is 25.6 Å². The number of amides is 1. The molecule has 1 amide bonds. The van der Waals surface area contributed by atoms with Crippen LogP contribution in [0.15, 0.2) is 49.1 Å². The Morgan fingerprint density at radius 2 is 1.85 bits per heavy atom. The molecule has 3 aromatic rings. The molecule has 1 aromatic carbocycles. The van der Waals surface area contributed by atoms with Crippen molar-refractivity contribution in [3.05, 3.63) is 77.0 Å². The predicted octanol–water partition coefficient (Wildman–Crippen LogP) is 3.66. The first-order valence-corrected chi connectivity index (χ1v) is 8.37. The molecule has 0 unspecified atom stereocenters. The van der Waals surface area contributed by atoms with Gasteiger partial charge in [0.05, 0.1) is 0 Å². The van der Waals surface area contributed by atoms with Gasteiger partial charge in [0.2, 0.25) is 0 Å². The van der Waals surface area contributed by atoms with Crippen LogP contribution in [0.2, 0.25) is 0 Å². The van der Waals surface area contributed by atoms with Crippen LogP contribution < -0.4 is 10.6 Å². The van der Waals surface area contributed by atoms with Gasteiger partial charge in [-0.15, -0.1) is 0 Å². The topological polar surface area (TPSA) is 79.8 Å². The number of anilines is 2. The molecule has 0 radical (unpaired) electrons. The van der Waals surface area contributed by atoms with Crippen molar-refractivity contribution in [3.8, 4) is 0 Å². The highest BCUT2D eigenvalue weighted by Crippen LogP contribution is 2.22.